The van der Waals surface area contributed by atoms with Crippen LogP contribution in [0, 0.1) is 29.3 Å². The second-order valence-corrected chi connectivity index (χ2v) is 7.67. The van der Waals surface area contributed by atoms with E-state index in [1.807, 2.05) is 0 Å². The standard InChI is InChI=1S/C21H29F3O4/c1-2-3-4-5-15-10-27-21(28-11-15)16-12-25-19(26-13-16)7-6-14-8-17(22)20(24)18(23)9-14/h8-9,15-16,19,21H,2-7,10-13H2,1H3/t15-,16-,19-,21-. The molecule has 1 aromatic carbocycles. The zero-order valence-electron chi connectivity index (χ0n) is 16.3. The van der Waals surface area contributed by atoms with Crippen LogP contribution in [0.2, 0.25) is 0 Å². The van der Waals surface area contributed by atoms with Gasteiger partial charge in [0.1, 0.15) is 0 Å². The van der Waals surface area contributed by atoms with E-state index in [1.54, 1.807) is 0 Å². The number of benzene rings is 1. The van der Waals surface area contributed by atoms with Crippen molar-refractivity contribution in [1.29, 1.82) is 0 Å². The highest BCUT2D eigenvalue weighted by Crippen LogP contribution is 2.26. The first-order chi connectivity index (χ1) is 13.6. The van der Waals surface area contributed by atoms with Gasteiger partial charge in [-0.1, -0.05) is 26.2 Å². The molecule has 2 aliphatic rings. The molecule has 2 aliphatic heterocycles. The van der Waals surface area contributed by atoms with E-state index in [2.05, 4.69) is 6.92 Å². The monoisotopic (exact) mass is 402 g/mol. The van der Waals surface area contributed by atoms with Crippen LogP contribution in [-0.4, -0.2) is 39.0 Å². The van der Waals surface area contributed by atoms with Gasteiger partial charge in [0.2, 0.25) is 0 Å². The van der Waals surface area contributed by atoms with Crippen molar-refractivity contribution < 1.29 is 32.1 Å². The smallest absolute Gasteiger partial charge is 0.194 e. The first kappa shape index (κ1) is 21.6. The van der Waals surface area contributed by atoms with Gasteiger partial charge in [-0.3, -0.25) is 0 Å². The van der Waals surface area contributed by atoms with Gasteiger partial charge in [-0.2, -0.15) is 0 Å². The average molecular weight is 402 g/mol. The molecule has 0 aromatic heterocycles. The van der Waals surface area contributed by atoms with Gasteiger partial charge >= 0.3 is 0 Å². The number of unbranched alkanes of at least 4 members (excludes halogenated alkanes) is 2. The number of rotatable bonds is 8. The van der Waals surface area contributed by atoms with Crippen molar-refractivity contribution >= 4 is 0 Å². The van der Waals surface area contributed by atoms with Gasteiger partial charge < -0.3 is 18.9 Å². The normalized spacial score (nSPS) is 28.4. The Hall–Kier alpha value is -1.15. The molecule has 0 aliphatic carbocycles. The number of hydrogen-bond donors (Lipinski definition) is 0. The summed E-state index contributed by atoms with van der Waals surface area (Å²) in [6.07, 6.45) is 4.77. The van der Waals surface area contributed by atoms with E-state index in [4.69, 9.17) is 18.9 Å². The maximum absolute atomic E-state index is 13.3. The number of aryl methyl sites for hydroxylation is 1. The second kappa shape index (κ2) is 10.6. The molecule has 7 heteroatoms. The molecule has 0 amide bonds. The van der Waals surface area contributed by atoms with Gasteiger partial charge in [-0.15, -0.1) is 0 Å². The van der Waals surface area contributed by atoms with Crippen LogP contribution in [-0.2, 0) is 25.4 Å². The SMILES string of the molecule is CCCCC[C@H]1CO[C@H]([C@H]2CO[C@H](CCc3cc(F)c(F)c(F)c3)OC2)OC1. The third kappa shape index (κ3) is 5.92. The summed E-state index contributed by atoms with van der Waals surface area (Å²) in [6.45, 7) is 4.49. The fourth-order valence-electron chi connectivity index (χ4n) is 3.60. The third-order valence-electron chi connectivity index (χ3n) is 5.30. The molecule has 0 bridgehead atoms. The molecule has 28 heavy (non-hydrogen) atoms. The Bertz CT molecular complexity index is 589. The lowest BCUT2D eigenvalue weighted by Gasteiger charge is -2.37. The van der Waals surface area contributed by atoms with Crippen molar-refractivity contribution in [2.75, 3.05) is 26.4 Å². The van der Waals surface area contributed by atoms with Crippen LogP contribution >= 0.6 is 0 Å². The molecule has 0 spiro atoms. The lowest BCUT2D eigenvalue weighted by molar-refractivity contribution is -0.281. The summed E-state index contributed by atoms with van der Waals surface area (Å²) in [5.74, 6) is -3.34. The molecular weight excluding hydrogens is 373 g/mol. The van der Waals surface area contributed by atoms with Gasteiger partial charge in [0.25, 0.3) is 0 Å². The predicted molar refractivity (Wildman–Crippen MR) is 97.1 cm³/mol. The second-order valence-electron chi connectivity index (χ2n) is 7.67. The number of halogens is 3. The van der Waals surface area contributed by atoms with Crippen molar-refractivity contribution in [3.8, 4) is 0 Å². The van der Waals surface area contributed by atoms with Crippen molar-refractivity contribution in [2.24, 2.45) is 11.8 Å². The predicted octanol–water partition coefficient (Wildman–Crippen LogP) is 4.60. The molecule has 2 fully saturated rings. The zero-order valence-corrected chi connectivity index (χ0v) is 16.3. The van der Waals surface area contributed by atoms with Crippen molar-refractivity contribution in [3.05, 3.63) is 35.1 Å². The zero-order chi connectivity index (χ0) is 19.9. The van der Waals surface area contributed by atoms with Crippen LogP contribution in [0.5, 0.6) is 0 Å². The number of hydrogen-bond acceptors (Lipinski definition) is 4. The Kier molecular flexibility index (Phi) is 8.14. The molecule has 3 rings (SSSR count). The minimum absolute atomic E-state index is 0.00792. The maximum Gasteiger partial charge on any atom is 0.194 e. The molecule has 0 atom stereocenters. The van der Waals surface area contributed by atoms with E-state index in [9.17, 15) is 13.2 Å². The Morgan fingerprint density at radius 2 is 1.50 bits per heavy atom. The van der Waals surface area contributed by atoms with E-state index >= 15 is 0 Å². The topological polar surface area (TPSA) is 36.9 Å². The minimum Gasteiger partial charge on any atom is -0.352 e. The summed E-state index contributed by atoms with van der Waals surface area (Å²) in [5.41, 5.74) is 0.374. The lowest BCUT2D eigenvalue weighted by atomic mass is 10.0. The average Bonchev–Trinajstić information content (AvgIpc) is 2.71. The van der Waals surface area contributed by atoms with E-state index in [-0.39, 0.29) is 12.2 Å². The van der Waals surface area contributed by atoms with Crippen LogP contribution in [0.4, 0.5) is 13.2 Å². The van der Waals surface area contributed by atoms with E-state index in [0.717, 1.165) is 18.6 Å². The van der Waals surface area contributed by atoms with E-state index < -0.39 is 23.7 Å². The highest BCUT2D eigenvalue weighted by Gasteiger charge is 2.33. The molecule has 0 saturated carbocycles. The summed E-state index contributed by atoms with van der Waals surface area (Å²) in [5, 5.41) is 0. The van der Waals surface area contributed by atoms with Gasteiger partial charge in [0.05, 0.1) is 32.3 Å². The Balaban J connectivity index is 1.36. The molecule has 0 radical (unpaired) electrons. The van der Waals surface area contributed by atoms with Gasteiger partial charge in [0.15, 0.2) is 30.0 Å². The molecular formula is C21H29F3O4. The molecule has 2 saturated heterocycles. The van der Waals surface area contributed by atoms with Crippen LogP contribution in [0.1, 0.15) is 44.6 Å². The number of ether oxygens (including phenoxy) is 4. The third-order valence-corrected chi connectivity index (χ3v) is 5.30. The Labute approximate surface area is 164 Å². The van der Waals surface area contributed by atoms with Crippen molar-refractivity contribution in [3.63, 3.8) is 0 Å². The quantitative estimate of drug-likeness (QED) is 0.471. The van der Waals surface area contributed by atoms with E-state index in [0.29, 0.717) is 50.8 Å². The van der Waals surface area contributed by atoms with Crippen molar-refractivity contribution in [2.45, 2.75) is 58.0 Å². The summed E-state index contributed by atoms with van der Waals surface area (Å²) in [7, 11) is 0. The first-order valence-electron chi connectivity index (χ1n) is 10.2. The summed E-state index contributed by atoms with van der Waals surface area (Å²) in [4.78, 5) is 0. The minimum atomic E-state index is -1.45. The van der Waals surface area contributed by atoms with Crippen LogP contribution in [0.25, 0.3) is 0 Å². The fraction of sp³-hybridized carbons (Fsp3) is 0.714. The summed E-state index contributed by atoms with van der Waals surface area (Å²) >= 11 is 0. The summed E-state index contributed by atoms with van der Waals surface area (Å²) in [6, 6.07) is 2.01. The molecule has 158 valence electrons. The molecule has 4 nitrogen and oxygen atoms in total. The first-order valence-corrected chi connectivity index (χ1v) is 10.2. The highest BCUT2D eigenvalue weighted by molar-refractivity contribution is 5.19. The maximum atomic E-state index is 13.3. The molecule has 1 aromatic rings. The molecule has 0 unspecified atom stereocenters. The van der Waals surface area contributed by atoms with E-state index in [1.165, 1.54) is 19.3 Å². The van der Waals surface area contributed by atoms with Crippen LogP contribution < -0.4 is 0 Å². The molecule has 0 N–H and O–H groups in total. The van der Waals surface area contributed by atoms with Gasteiger partial charge in [-0.05, 0) is 30.5 Å². The summed E-state index contributed by atoms with van der Waals surface area (Å²) < 4.78 is 62.7. The van der Waals surface area contributed by atoms with Crippen LogP contribution in [0.3, 0.4) is 0 Å². The van der Waals surface area contributed by atoms with Gasteiger partial charge in [0, 0.05) is 12.3 Å². The largest absolute Gasteiger partial charge is 0.352 e. The highest BCUT2D eigenvalue weighted by atomic mass is 19.2. The Morgan fingerprint density at radius 1 is 0.857 bits per heavy atom. The van der Waals surface area contributed by atoms with Crippen molar-refractivity contribution in [1.82, 2.24) is 0 Å². The fourth-order valence-corrected chi connectivity index (χ4v) is 3.60. The van der Waals surface area contributed by atoms with Crippen LogP contribution in [0.15, 0.2) is 12.1 Å². The van der Waals surface area contributed by atoms with Gasteiger partial charge in [-0.25, -0.2) is 13.2 Å². The Morgan fingerprint density at radius 3 is 2.11 bits per heavy atom. The molecule has 2 heterocycles. The lowest BCUT2D eigenvalue weighted by Crippen LogP contribution is -2.44.